The van der Waals surface area contributed by atoms with Crippen LogP contribution in [-0.4, -0.2) is 31.9 Å². The minimum atomic E-state index is -1.91. The Morgan fingerprint density at radius 3 is 1.61 bits per heavy atom. The van der Waals surface area contributed by atoms with E-state index >= 15 is 0 Å². The van der Waals surface area contributed by atoms with Gasteiger partial charge in [-0.2, -0.15) is 0 Å². The van der Waals surface area contributed by atoms with Gasteiger partial charge in [0.15, 0.2) is 0 Å². The van der Waals surface area contributed by atoms with Gasteiger partial charge in [-0.1, -0.05) is 35.4 Å². The molecule has 0 atom stereocenters. The molecule has 0 spiro atoms. The summed E-state index contributed by atoms with van der Waals surface area (Å²) in [6.45, 7) is 18.7. The predicted octanol–water partition coefficient (Wildman–Crippen LogP) is 8.79. The molecule has 0 amide bonds. The quantitative estimate of drug-likeness (QED) is 0.197. The van der Waals surface area contributed by atoms with Crippen LogP contribution in [0.1, 0.15) is 38.9 Å². The zero-order valence-electron chi connectivity index (χ0n) is 25.0. The van der Waals surface area contributed by atoms with E-state index in [0.29, 0.717) is 11.5 Å². The van der Waals surface area contributed by atoms with Crippen molar-refractivity contribution in [1.29, 1.82) is 0 Å². The molecule has 0 aromatic heterocycles. The first kappa shape index (κ1) is 31.4. The van der Waals surface area contributed by atoms with Gasteiger partial charge in [-0.05, 0) is 63.8 Å². The van der Waals surface area contributed by atoms with Gasteiger partial charge < -0.3 is 9.80 Å². The summed E-state index contributed by atoms with van der Waals surface area (Å²) < 4.78 is 12.7. The maximum atomic E-state index is 5.94. The summed E-state index contributed by atoms with van der Waals surface area (Å²) in [5.74, 6) is 1.39. The number of anilines is 2. The fourth-order valence-corrected chi connectivity index (χ4v) is 7.62. The number of hydrogen-bond donors (Lipinski definition) is 0. The minimum absolute atomic E-state index is 0.677. The summed E-state index contributed by atoms with van der Waals surface area (Å²) in [7, 11) is 15.1. The first-order valence-corrected chi connectivity index (χ1v) is 19.0. The summed E-state index contributed by atoms with van der Waals surface area (Å²) >= 11 is -1.91. The van der Waals surface area contributed by atoms with E-state index in [1.54, 1.807) is 14.2 Å². The standard InChI is InChI=1S/C21H26N2.C13H12O2.2ClH.Ru/c1-14-9-16(3)20(17(4)10-14)22-7-8-23(13-22)21-18(5)11-15(2)12-19(21)6;1-9-8-10-6-4-5-7-11(10)13(15-3)12(9)14-2;;;/h9-12H,7-8H2,1-6H3;1,4-8H,2-3H3;2*1H;/q;;;;+2/p-2. The van der Waals surface area contributed by atoms with Gasteiger partial charge in [0.05, 0.1) is 0 Å². The number of rotatable bonds is 5. The van der Waals surface area contributed by atoms with Crippen molar-refractivity contribution < 1.29 is 23.0 Å². The Kier molecular flexibility index (Phi) is 10.4. The van der Waals surface area contributed by atoms with Crippen LogP contribution in [0, 0.1) is 48.2 Å². The van der Waals surface area contributed by atoms with E-state index in [9.17, 15) is 0 Å². The first-order valence-electron chi connectivity index (χ1n) is 13.5. The predicted molar refractivity (Wildman–Crippen MR) is 173 cm³/mol. The number of aryl methyl sites for hydroxylation is 6. The van der Waals surface area contributed by atoms with Crippen molar-refractivity contribution >= 4 is 46.1 Å². The molecule has 5 rings (SSSR count). The van der Waals surface area contributed by atoms with E-state index in [2.05, 4.69) is 82.3 Å². The normalized spacial score (nSPS) is 13.2. The number of hydrogen-bond acceptors (Lipinski definition) is 4. The summed E-state index contributed by atoms with van der Waals surface area (Å²) in [5, 5.41) is 2.09. The van der Waals surface area contributed by atoms with Gasteiger partial charge in [-0.3, -0.25) is 0 Å². The molecule has 4 nitrogen and oxygen atoms in total. The molecule has 1 fully saturated rings. The van der Waals surface area contributed by atoms with Gasteiger partial charge in [0.25, 0.3) is 0 Å². The van der Waals surface area contributed by atoms with Crippen LogP contribution < -0.4 is 19.3 Å². The molecule has 1 aliphatic rings. The third-order valence-corrected chi connectivity index (χ3v) is 9.01. The Hall–Kier alpha value is -2.59. The third kappa shape index (κ3) is 7.08. The van der Waals surface area contributed by atoms with Gasteiger partial charge in [0, 0.05) is 24.5 Å². The Morgan fingerprint density at radius 2 is 1.17 bits per heavy atom. The van der Waals surface area contributed by atoms with Crippen molar-refractivity contribution in [1.82, 2.24) is 0 Å². The molecule has 0 aliphatic carbocycles. The molecular formula is C34H38Cl2N2O2Ru. The van der Waals surface area contributed by atoms with Crippen LogP contribution in [-0.2, 0) is 13.5 Å². The van der Waals surface area contributed by atoms with E-state index in [1.807, 2.05) is 34.9 Å². The molecule has 41 heavy (non-hydrogen) atoms. The van der Waals surface area contributed by atoms with Crippen LogP contribution in [0.25, 0.3) is 10.8 Å². The third-order valence-electron chi connectivity index (χ3n) is 7.18. The molecule has 0 N–H and O–H groups in total. The molecule has 7 heteroatoms. The van der Waals surface area contributed by atoms with Crippen LogP contribution in [0.15, 0.2) is 54.6 Å². The van der Waals surface area contributed by atoms with Crippen LogP contribution in [0.3, 0.4) is 0 Å². The van der Waals surface area contributed by atoms with Gasteiger partial charge in [-0.15, -0.1) is 0 Å². The smallest absolute Gasteiger partial charge is 0.208 e. The molecule has 0 saturated carbocycles. The van der Waals surface area contributed by atoms with Crippen LogP contribution in [0.5, 0.6) is 11.5 Å². The number of ether oxygens (including phenoxy) is 2. The summed E-state index contributed by atoms with van der Waals surface area (Å²) in [6.07, 6.45) is 0. The largest absolute Gasteiger partial charge is 0.339 e. The minimum Gasteiger partial charge on any atom is -0.339 e. The Balaban J connectivity index is 0.000000195. The number of fused-ring (bicyclic) bond motifs is 1. The SMILES string of the molecule is COc1c([CH]=[Ru]([Cl])[Cl])cc2ccccc2c1OC.Cc1cc(C)c(N2[C]N(c3c(C)cc(C)cc3C)CC2)c(C)c1. The van der Waals surface area contributed by atoms with Crippen molar-refractivity contribution in [2.24, 2.45) is 0 Å². The van der Waals surface area contributed by atoms with Crippen molar-refractivity contribution in [2.45, 2.75) is 41.5 Å². The molecule has 4 aromatic carbocycles. The second-order valence-electron chi connectivity index (χ2n) is 10.5. The van der Waals surface area contributed by atoms with Gasteiger partial charge in [0.1, 0.15) is 0 Å². The number of nitrogens with zero attached hydrogens (tertiary/aromatic N) is 2. The molecule has 218 valence electrons. The summed E-state index contributed by atoms with van der Waals surface area (Å²) in [5.41, 5.74) is 11.5. The second-order valence-corrected chi connectivity index (χ2v) is 16.2. The maximum Gasteiger partial charge on any atom is 0.208 e. The Bertz CT molecular complexity index is 1490. The average molecular weight is 679 g/mol. The van der Waals surface area contributed by atoms with E-state index < -0.39 is 13.5 Å². The molecule has 1 saturated heterocycles. The van der Waals surface area contributed by atoms with Crippen molar-refractivity contribution in [2.75, 3.05) is 37.1 Å². The van der Waals surface area contributed by atoms with Crippen molar-refractivity contribution in [3.8, 4) is 11.5 Å². The molecule has 1 aliphatic heterocycles. The Labute approximate surface area is 258 Å². The second kappa shape index (κ2) is 13.6. The topological polar surface area (TPSA) is 24.9 Å². The Morgan fingerprint density at radius 1 is 0.707 bits per heavy atom. The van der Waals surface area contributed by atoms with Gasteiger partial charge >= 0.3 is 119 Å². The molecule has 0 unspecified atom stereocenters. The zero-order valence-corrected chi connectivity index (χ0v) is 28.3. The van der Waals surface area contributed by atoms with Crippen molar-refractivity contribution in [3.05, 3.63) is 100 Å². The fraction of sp³-hybridized carbons (Fsp3) is 0.294. The molecule has 2 radical (unpaired) electrons. The van der Waals surface area contributed by atoms with Crippen LogP contribution in [0.2, 0.25) is 0 Å². The molecule has 0 bridgehead atoms. The monoisotopic (exact) mass is 678 g/mol. The zero-order chi connectivity index (χ0) is 29.8. The average Bonchev–Trinajstić information content (AvgIpc) is 3.35. The maximum absolute atomic E-state index is 5.94. The van der Waals surface area contributed by atoms with E-state index in [4.69, 9.17) is 28.9 Å². The summed E-state index contributed by atoms with van der Waals surface area (Å²) in [4.78, 5) is 4.56. The number of benzene rings is 4. The molecular weight excluding hydrogens is 640 g/mol. The van der Waals surface area contributed by atoms with Gasteiger partial charge in [0.2, 0.25) is 6.67 Å². The summed E-state index contributed by atoms with van der Waals surface area (Å²) in [6, 6.07) is 19.0. The number of halogens is 2. The van der Waals surface area contributed by atoms with Crippen LogP contribution in [0.4, 0.5) is 11.4 Å². The van der Waals surface area contributed by atoms with E-state index in [1.165, 1.54) is 44.8 Å². The first-order chi connectivity index (χ1) is 19.5. The molecule has 4 aromatic rings. The van der Waals surface area contributed by atoms with E-state index in [-0.39, 0.29) is 0 Å². The fourth-order valence-electron chi connectivity index (χ4n) is 5.85. The van der Waals surface area contributed by atoms with E-state index in [0.717, 1.165) is 29.4 Å². The van der Waals surface area contributed by atoms with Crippen molar-refractivity contribution in [3.63, 3.8) is 0 Å². The number of methoxy groups -OCH3 is 2. The molecule has 1 heterocycles. The van der Waals surface area contributed by atoms with Gasteiger partial charge in [-0.25, -0.2) is 0 Å². The van der Waals surface area contributed by atoms with Crippen LogP contribution >= 0.6 is 19.4 Å².